The molecule has 0 aliphatic carbocycles. The first-order valence-electron chi connectivity index (χ1n) is 38.6. The van der Waals surface area contributed by atoms with E-state index >= 15 is 0 Å². The van der Waals surface area contributed by atoms with Crippen molar-refractivity contribution in [2.24, 2.45) is 5.92 Å². The van der Waals surface area contributed by atoms with Crippen LogP contribution in [0.5, 0.6) is 0 Å². The Morgan fingerprint density at radius 3 is 0.731 bits per heavy atom. The Morgan fingerprint density at radius 1 is 0.290 bits per heavy atom. The van der Waals surface area contributed by atoms with Gasteiger partial charge in [0.2, 0.25) is 0 Å². The van der Waals surface area contributed by atoms with Gasteiger partial charge in [-0.1, -0.05) is 336 Å². The molecule has 5 atom stereocenters. The number of ether oxygens (including phenoxy) is 4. The summed E-state index contributed by atoms with van der Waals surface area (Å²) in [5.74, 6) is -1.32. The van der Waals surface area contributed by atoms with Gasteiger partial charge in [0.15, 0.2) is 12.2 Å². The van der Waals surface area contributed by atoms with E-state index in [-0.39, 0.29) is 25.7 Å². The molecule has 0 spiro atoms. The van der Waals surface area contributed by atoms with Crippen LogP contribution in [0.2, 0.25) is 0 Å². The molecular formula is C74H144O17P2. The highest BCUT2D eigenvalue weighted by Gasteiger charge is 2.30. The van der Waals surface area contributed by atoms with Crippen LogP contribution in [0.25, 0.3) is 0 Å². The van der Waals surface area contributed by atoms with Crippen molar-refractivity contribution in [1.82, 2.24) is 0 Å². The van der Waals surface area contributed by atoms with Gasteiger partial charge in [0, 0.05) is 25.7 Å². The van der Waals surface area contributed by atoms with Crippen LogP contribution in [0.3, 0.4) is 0 Å². The fourth-order valence-electron chi connectivity index (χ4n) is 11.4. The highest BCUT2D eigenvalue weighted by molar-refractivity contribution is 7.47. The second kappa shape index (κ2) is 67.3. The molecule has 0 aromatic rings. The van der Waals surface area contributed by atoms with E-state index in [1.54, 1.807) is 0 Å². The Labute approximate surface area is 568 Å². The van der Waals surface area contributed by atoms with Crippen LogP contribution < -0.4 is 0 Å². The summed E-state index contributed by atoms with van der Waals surface area (Å²) in [5, 5.41) is 10.6. The fourth-order valence-corrected chi connectivity index (χ4v) is 12.9. The van der Waals surface area contributed by atoms with Crippen molar-refractivity contribution in [3.8, 4) is 0 Å². The number of hydrogen-bond acceptors (Lipinski definition) is 15. The first kappa shape index (κ1) is 91.1. The third-order valence-electron chi connectivity index (χ3n) is 17.3. The van der Waals surface area contributed by atoms with Gasteiger partial charge in [0.1, 0.15) is 19.3 Å². The van der Waals surface area contributed by atoms with Crippen molar-refractivity contribution in [2.45, 2.75) is 406 Å². The first-order valence-corrected chi connectivity index (χ1v) is 41.6. The molecule has 2 unspecified atom stereocenters. The summed E-state index contributed by atoms with van der Waals surface area (Å²) in [7, 11) is -9.90. The summed E-state index contributed by atoms with van der Waals surface area (Å²) in [6.07, 6.45) is 55.5. The van der Waals surface area contributed by atoms with Crippen molar-refractivity contribution in [3.05, 3.63) is 0 Å². The van der Waals surface area contributed by atoms with Crippen LogP contribution >= 0.6 is 15.6 Å². The molecule has 0 aliphatic heterocycles. The zero-order valence-electron chi connectivity index (χ0n) is 60.4. The second-order valence-corrected chi connectivity index (χ2v) is 30.1. The molecule has 0 saturated carbocycles. The number of aliphatic hydroxyl groups excluding tert-OH is 1. The number of carbonyl (C=O) groups is 4. The molecule has 0 aromatic carbocycles. The fraction of sp³-hybridized carbons (Fsp3) is 0.946. The number of hydrogen-bond donors (Lipinski definition) is 3. The molecule has 0 bridgehead atoms. The molecule has 0 fully saturated rings. The molecule has 0 amide bonds. The van der Waals surface area contributed by atoms with E-state index in [2.05, 4.69) is 34.6 Å². The summed E-state index contributed by atoms with van der Waals surface area (Å²) in [4.78, 5) is 72.6. The average Bonchev–Trinajstić information content (AvgIpc) is 3.45. The van der Waals surface area contributed by atoms with Crippen molar-refractivity contribution >= 4 is 39.5 Å². The molecule has 552 valence electrons. The molecule has 3 N–H and O–H groups in total. The largest absolute Gasteiger partial charge is 0.472 e. The lowest BCUT2D eigenvalue weighted by atomic mass is 10.0. The maximum Gasteiger partial charge on any atom is 0.472 e. The Bertz CT molecular complexity index is 1790. The topological polar surface area (TPSA) is 237 Å². The standard InChI is InChI=1S/C74H144O17P2/c1-6-9-12-15-18-21-23-24-25-28-31-35-38-43-48-53-58-72(77)85-64-70(91-74(79)60-55-50-45-40-36-32-29-26-27-30-34-37-41-46-51-56-67(4)5)66-89-93(82,83)87-62-68(75)61-86-92(80,81)88-65-69(63-84-71(76)57-52-47-42-20-17-14-11-8-3)90-73(78)59-54-49-44-39-33-22-19-16-13-10-7-2/h67-70,75H,6-66H2,1-5H3,(H,80,81)(H,82,83)/t68-,69+,70+/m0/s1. The maximum atomic E-state index is 13.1. The number of esters is 4. The molecule has 0 heterocycles. The summed E-state index contributed by atoms with van der Waals surface area (Å²) in [6.45, 7) is 7.28. The van der Waals surface area contributed by atoms with Crippen LogP contribution in [-0.4, -0.2) is 96.7 Å². The van der Waals surface area contributed by atoms with Crippen LogP contribution in [0.15, 0.2) is 0 Å². The van der Waals surface area contributed by atoms with E-state index in [1.165, 1.54) is 205 Å². The Morgan fingerprint density at radius 2 is 0.495 bits per heavy atom. The summed E-state index contributed by atoms with van der Waals surface area (Å²) in [6, 6.07) is 0. The van der Waals surface area contributed by atoms with E-state index in [4.69, 9.17) is 37.0 Å². The third kappa shape index (κ3) is 68.4. The Kier molecular flexibility index (Phi) is 65.9. The lowest BCUT2D eigenvalue weighted by Crippen LogP contribution is -2.30. The van der Waals surface area contributed by atoms with Gasteiger partial charge in [-0.2, -0.15) is 0 Å². The second-order valence-electron chi connectivity index (χ2n) is 27.2. The van der Waals surface area contributed by atoms with E-state index in [1.807, 2.05) is 0 Å². The number of phosphoric acid groups is 2. The van der Waals surface area contributed by atoms with Gasteiger partial charge in [-0.15, -0.1) is 0 Å². The van der Waals surface area contributed by atoms with Crippen molar-refractivity contribution in [1.29, 1.82) is 0 Å². The highest BCUT2D eigenvalue weighted by Crippen LogP contribution is 2.45. The van der Waals surface area contributed by atoms with Crippen LogP contribution in [0.1, 0.15) is 388 Å². The van der Waals surface area contributed by atoms with Gasteiger partial charge in [-0.25, -0.2) is 9.13 Å². The lowest BCUT2D eigenvalue weighted by molar-refractivity contribution is -0.161. The Hall–Kier alpha value is -1.94. The SMILES string of the molecule is CCCCCCCCCCCCCCCCCCC(=O)OC[C@H](COP(=O)(O)OC[C@@H](O)COP(=O)(O)OC[C@@H](COC(=O)CCCCCCCCCC)OC(=O)CCCCCCCCCCCCC)OC(=O)CCCCCCCCCCCCCCCCCC(C)C. The number of carbonyl (C=O) groups excluding carboxylic acids is 4. The van der Waals surface area contributed by atoms with Crippen LogP contribution in [0.4, 0.5) is 0 Å². The number of rotatable bonds is 74. The Balaban J connectivity index is 5.20. The summed E-state index contributed by atoms with van der Waals surface area (Å²) >= 11 is 0. The molecule has 0 radical (unpaired) electrons. The van der Waals surface area contributed by atoms with E-state index in [9.17, 15) is 43.2 Å². The molecule has 0 aromatic heterocycles. The molecule has 0 aliphatic rings. The number of aliphatic hydroxyl groups is 1. The molecule has 0 saturated heterocycles. The van der Waals surface area contributed by atoms with Gasteiger partial charge in [0.25, 0.3) is 0 Å². The van der Waals surface area contributed by atoms with Crippen molar-refractivity contribution in [2.75, 3.05) is 39.6 Å². The van der Waals surface area contributed by atoms with E-state index in [0.717, 1.165) is 102 Å². The minimum Gasteiger partial charge on any atom is -0.462 e. The van der Waals surface area contributed by atoms with Gasteiger partial charge in [0.05, 0.1) is 26.4 Å². The number of phosphoric ester groups is 2. The third-order valence-corrected chi connectivity index (χ3v) is 19.2. The normalized spacial score (nSPS) is 14.0. The first-order chi connectivity index (χ1) is 45.0. The zero-order valence-corrected chi connectivity index (χ0v) is 62.2. The minimum atomic E-state index is -4.95. The maximum absolute atomic E-state index is 13.1. The number of unbranched alkanes of at least 4 members (excludes halogenated alkanes) is 46. The predicted octanol–water partition coefficient (Wildman–Crippen LogP) is 21.7. The van der Waals surface area contributed by atoms with Gasteiger partial charge in [-0.3, -0.25) is 37.3 Å². The smallest absolute Gasteiger partial charge is 0.462 e. The highest BCUT2D eigenvalue weighted by atomic mass is 31.2. The van der Waals surface area contributed by atoms with Crippen LogP contribution in [-0.2, 0) is 65.4 Å². The van der Waals surface area contributed by atoms with Gasteiger partial charge < -0.3 is 33.8 Å². The molecule has 93 heavy (non-hydrogen) atoms. The molecule has 0 rings (SSSR count). The quantitative estimate of drug-likeness (QED) is 0.0222. The zero-order chi connectivity index (χ0) is 68.4. The van der Waals surface area contributed by atoms with Crippen molar-refractivity contribution < 1.29 is 80.2 Å². The van der Waals surface area contributed by atoms with Crippen LogP contribution in [0, 0.1) is 5.92 Å². The van der Waals surface area contributed by atoms with Gasteiger partial charge in [-0.05, 0) is 31.6 Å². The van der Waals surface area contributed by atoms with E-state index in [0.29, 0.717) is 25.7 Å². The average molecular weight is 1370 g/mol. The monoisotopic (exact) mass is 1370 g/mol. The van der Waals surface area contributed by atoms with E-state index < -0.39 is 97.5 Å². The molecular weight excluding hydrogens is 1220 g/mol. The minimum absolute atomic E-state index is 0.107. The molecule has 19 heteroatoms. The summed E-state index contributed by atoms with van der Waals surface area (Å²) < 4.78 is 68.4. The predicted molar refractivity (Wildman–Crippen MR) is 377 cm³/mol. The lowest BCUT2D eigenvalue weighted by Gasteiger charge is -2.21. The van der Waals surface area contributed by atoms with Crippen molar-refractivity contribution in [3.63, 3.8) is 0 Å². The molecule has 17 nitrogen and oxygen atoms in total. The summed E-state index contributed by atoms with van der Waals surface area (Å²) in [5.41, 5.74) is 0. The van der Waals surface area contributed by atoms with Gasteiger partial charge >= 0.3 is 39.5 Å².